The second-order valence-corrected chi connectivity index (χ2v) is 4.97. The Labute approximate surface area is 117 Å². The van der Waals surface area contributed by atoms with Gasteiger partial charge >= 0.3 is 0 Å². The molecule has 0 aliphatic rings. The first kappa shape index (κ1) is 13.5. The molecule has 2 N–H and O–H groups in total. The minimum absolute atomic E-state index is 0.0648. The van der Waals surface area contributed by atoms with Gasteiger partial charge in [0.15, 0.2) is 5.82 Å². The summed E-state index contributed by atoms with van der Waals surface area (Å²) in [6, 6.07) is 7.42. The standard InChI is InChI=1S/C13H9BrClF2N/c14-10-3-2-8(13(17)12(10)15)9-5-7(6-18)1-4-11(9)16/h1-5H,6,18H2. The maximum Gasteiger partial charge on any atom is 0.150 e. The van der Waals surface area contributed by atoms with Crippen molar-refractivity contribution in [3.05, 3.63) is 57.0 Å². The fourth-order valence-corrected chi connectivity index (χ4v) is 2.11. The van der Waals surface area contributed by atoms with Crippen LogP contribution in [-0.2, 0) is 6.54 Å². The lowest BCUT2D eigenvalue weighted by Gasteiger charge is -2.09. The first-order valence-corrected chi connectivity index (χ1v) is 6.34. The van der Waals surface area contributed by atoms with Gasteiger partial charge in [0.2, 0.25) is 0 Å². The summed E-state index contributed by atoms with van der Waals surface area (Å²) in [6.45, 7) is 0.263. The molecule has 0 aliphatic carbocycles. The molecule has 0 radical (unpaired) electrons. The highest BCUT2D eigenvalue weighted by Gasteiger charge is 2.15. The van der Waals surface area contributed by atoms with Gasteiger partial charge < -0.3 is 5.73 Å². The van der Waals surface area contributed by atoms with E-state index in [9.17, 15) is 8.78 Å². The molecule has 5 heteroatoms. The molecule has 18 heavy (non-hydrogen) atoms. The molecule has 1 nitrogen and oxygen atoms in total. The van der Waals surface area contributed by atoms with Crippen molar-refractivity contribution in [2.24, 2.45) is 5.73 Å². The van der Waals surface area contributed by atoms with Gasteiger partial charge in [0.25, 0.3) is 0 Å². The second kappa shape index (κ2) is 5.34. The predicted octanol–water partition coefficient (Wildman–Crippen LogP) is 4.51. The average Bonchev–Trinajstić information content (AvgIpc) is 2.37. The van der Waals surface area contributed by atoms with E-state index in [-0.39, 0.29) is 22.7 Å². The summed E-state index contributed by atoms with van der Waals surface area (Å²) in [5.74, 6) is -1.16. The molecule has 0 saturated carbocycles. The Balaban J connectivity index is 2.65. The van der Waals surface area contributed by atoms with Crippen molar-refractivity contribution >= 4 is 27.5 Å². The number of nitrogens with two attached hydrogens (primary N) is 1. The molecule has 0 atom stereocenters. The Morgan fingerprint density at radius 3 is 2.50 bits per heavy atom. The Kier molecular flexibility index (Phi) is 4.00. The number of hydrogen-bond acceptors (Lipinski definition) is 1. The summed E-state index contributed by atoms with van der Waals surface area (Å²) in [5, 5.41) is -0.0648. The molecule has 0 amide bonds. The zero-order valence-corrected chi connectivity index (χ0v) is 11.5. The van der Waals surface area contributed by atoms with Crippen LogP contribution in [0.2, 0.25) is 5.02 Å². The quantitative estimate of drug-likeness (QED) is 0.805. The molecule has 0 aliphatic heterocycles. The van der Waals surface area contributed by atoms with Gasteiger partial charge in [0.1, 0.15) is 5.82 Å². The minimum atomic E-state index is -0.654. The van der Waals surface area contributed by atoms with E-state index in [1.54, 1.807) is 12.1 Å². The van der Waals surface area contributed by atoms with E-state index in [1.807, 2.05) is 0 Å². The molecular weight excluding hydrogens is 324 g/mol. The zero-order valence-electron chi connectivity index (χ0n) is 9.18. The third-order valence-electron chi connectivity index (χ3n) is 2.59. The van der Waals surface area contributed by atoms with Gasteiger partial charge in [-0.2, -0.15) is 0 Å². The summed E-state index contributed by atoms with van der Waals surface area (Å²) in [6.07, 6.45) is 0. The van der Waals surface area contributed by atoms with Crippen molar-refractivity contribution in [3.63, 3.8) is 0 Å². The molecule has 0 aromatic heterocycles. The van der Waals surface area contributed by atoms with Crippen molar-refractivity contribution in [2.45, 2.75) is 6.54 Å². The van der Waals surface area contributed by atoms with Crippen LogP contribution >= 0.6 is 27.5 Å². The van der Waals surface area contributed by atoms with E-state index < -0.39 is 11.6 Å². The van der Waals surface area contributed by atoms with Gasteiger partial charge in [0, 0.05) is 22.1 Å². The normalized spacial score (nSPS) is 10.7. The highest BCUT2D eigenvalue weighted by atomic mass is 79.9. The molecule has 2 rings (SSSR count). The van der Waals surface area contributed by atoms with E-state index in [2.05, 4.69) is 15.9 Å². The fourth-order valence-electron chi connectivity index (χ4n) is 1.64. The smallest absolute Gasteiger partial charge is 0.150 e. The van der Waals surface area contributed by atoms with Gasteiger partial charge in [-0.05, 0) is 39.7 Å². The monoisotopic (exact) mass is 331 g/mol. The molecule has 0 unspecified atom stereocenters. The van der Waals surface area contributed by atoms with Crippen molar-refractivity contribution in [1.82, 2.24) is 0 Å². The summed E-state index contributed by atoms with van der Waals surface area (Å²) in [4.78, 5) is 0. The largest absolute Gasteiger partial charge is 0.326 e. The van der Waals surface area contributed by atoms with Crippen LogP contribution in [0, 0.1) is 11.6 Å². The number of halogens is 4. The van der Waals surface area contributed by atoms with Crippen LogP contribution in [0.5, 0.6) is 0 Å². The first-order valence-electron chi connectivity index (χ1n) is 5.17. The maximum absolute atomic E-state index is 14.0. The van der Waals surface area contributed by atoms with Gasteiger partial charge in [-0.25, -0.2) is 8.78 Å². The number of rotatable bonds is 2. The molecule has 0 heterocycles. The molecular formula is C13H9BrClF2N. The molecule has 0 spiro atoms. The highest BCUT2D eigenvalue weighted by molar-refractivity contribution is 9.10. The second-order valence-electron chi connectivity index (χ2n) is 3.74. The molecule has 2 aromatic carbocycles. The molecule has 0 saturated heterocycles. The average molecular weight is 333 g/mol. The Morgan fingerprint density at radius 2 is 1.83 bits per heavy atom. The highest BCUT2D eigenvalue weighted by Crippen LogP contribution is 2.34. The number of hydrogen-bond donors (Lipinski definition) is 1. The molecule has 0 fully saturated rings. The van der Waals surface area contributed by atoms with Crippen LogP contribution in [0.1, 0.15) is 5.56 Å². The lowest BCUT2D eigenvalue weighted by atomic mass is 10.0. The Bertz CT molecular complexity index is 602. The molecule has 2 aromatic rings. The summed E-state index contributed by atoms with van der Waals surface area (Å²) in [7, 11) is 0. The van der Waals surface area contributed by atoms with Crippen LogP contribution in [0.15, 0.2) is 34.8 Å². The van der Waals surface area contributed by atoms with Crippen LogP contribution < -0.4 is 5.73 Å². The summed E-state index contributed by atoms with van der Waals surface area (Å²) >= 11 is 8.90. The lowest BCUT2D eigenvalue weighted by molar-refractivity contribution is 0.615. The van der Waals surface area contributed by atoms with Crippen LogP contribution in [-0.4, -0.2) is 0 Å². The van der Waals surface area contributed by atoms with E-state index >= 15 is 0 Å². The molecule has 94 valence electrons. The maximum atomic E-state index is 14.0. The van der Waals surface area contributed by atoms with E-state index in [0.29, 0.717) is 4.47 Å². The summed E-state index contributed by atoms with van der Waals surface area (Å²) < 4.78 is 28.2. The zero-order chi connectivity index (χ0) is 13.3. The third-order valence-corrected chi connectivity index (χ3v) is 3.85. The summed E-state index contributed by atoms with van der Waals surface area (Å²) in [5.41, 5.74) is 6.49. The van der Waals surface area contributed by atoms with E-state index in [0.717, 1.165) is 5.56 Å². The Hall–Kier alpha value is -0.970. The topological polar surface area (TPSA) is 26.0 Å². The first-order chi connectivity index (χ1) is 8.54. The van der Waals surface area contributed by atoms with Crippen molar-refractivity contribution in [1.29, 1.82) is 0 Å². The predicted molar refractivity (Wildman–Crippen MR) is 72.4 cm³/mol. The van der Waals surface area contributed by atoms with Crippen LogP contribution in [0.25, 0.3) is 11.1 Å². The van der Waals surface area contributed by atoms with Gasteiger partial charge in [-0.3, -0.25) is 0 Å². The van der Waals surface area contributed by atoms with E-state index in [1.165, 1.54) is 18.2 Å². The van der Waals surface area contributed by atoms with Gasteiger partial charge in [0.05, 0.1) is 5.02 Å². The van der Waals surface area contributed by atoms with Crippen LogP contribution in [0.4, 0.5) is 8.78 Å². The van der Waals surface area contributed by atoms with Crippen molar-refractivity contribution in [3.8, 4) is 11.1 Å². The third kappa shape index (κ3) is 2.41. The molecule has 0 bridgehead atoms. The van der Waals surface area contributed by atoms with Crippen molar-refractivity contribution in [2.75, 3.05) is 0 Å². The van der Waals surface area contributed by atoms with Crippen LogP contribution in [0.3, 0.4) is 0 Å². The Morgan fingerprint density at radius 1 is 1.11 bits per heavy atom. The van der Waals surface area contributed by atoms with Gasteiger partial charge in [-0.1, -0.05) is 23.7 Å². The lowest BCUT2D eigenvalue weighted by Crippen LogP contribution is -1.98. The van der Waals surface area contributed by atoms with Crippen molar-refractivity contribution < 1.29 is 8.78 Å². The SMILES string of the molecule is NCc1ccc(F)c(-c2ccc(Br)c(Cl)c2F)c1. The number of benzene rings is 2. The fraction of sp³-hybridized carbons (Fsp3) is 0.0769. The van der Waals surface area contributed by atoms with E-state index in [4.69, 9.17) is 17.3 Å². The minimum Gasteiger partial charge on any atom is -0.326 e. The van der Waals surface area contributed by atoms with Gasteiger partial charge in [-0.15, -0.1) is 0 Å².